The lowest BCUT2D eigenvalue weighted by atomic mass is 10.1. The van der Waals surface area contributed by atoms with Gasteiger partial charge >= 0.3 is 0 Å². The highest BCUT2D eigenvalue weighted by Crippen LogP contribution is 2.24. The summed E-state index contributed by atoms with van der Waals surface area (Å²) in [5.74, 6) is -0.851. The van der Waals surface area contributed by atoms with Crippen molar-refractivity contribution >= 4 is 28.3 Å². The average molecular weight is 251 g/mol. The van der Waals surface area contributed by atoms with E-state index >= 15 is 0 Å². The van der Waals surface area contributed by atoms with Crippen LogP contribution in [0.3, 0.4) is 0 Å². The van der Waals surface area contributed by atoms with Crippen LogP contribution in [0.5, 0.6) is 0 Å². The first kappa shape index (κ1) is 12.0. The van der Waals surface area contributed by atoms with E-state index in [0.29, 0.717) is 5.69 Å². The van der Waals surface area contributed by atoms with Gasteiger partial charge in [0.15, 0.2) is 0 Å². The van der Waals surface area contributed by atoms with E-state index in [1.165, 1.54) is 0 Å². The number of hydrogen-bond acceptors (Lipinski definition) is 3. The van der Waals surface area contributed by atoms with Gasteiger partial charge in [-0.25, -0.2) is 4.90 Å². The highest BCUT2D eigenvalue weighted by Gasteiger charge is 2.38. The minimum absolute atomic E-state index is 0.0821. The summed E-state index contributed by atoms with van der Waals surface area (Å²) < 4.78 is 11.5. The number of rotatable bonds is 1. The van der Waals surface area contributed by atoms with Crippen LogP contribution in [0, 0.1) is 6.92 Å². The zero-order chi connectivity index (χ0) is 12.6. The Bertz CT molecular complexity index is 512. The lowest BCUT2D eigenvalue weighted by molar-refractivity contribution is -0.125. The van der Waals surface area contributed by atoms with Crippen molar-refractivity contribution in [2.24, 2.45) is 0 Å². The quantitative estimate of drug-likeness (QED) is 0.700. The predicted octanol–water partition coefficient (Wildman–Crippen LogP) is 1.01. The molecule has 5 heteroatoms. The average Bonchev–Trinajstić information content (AvgIpc) is 2.29. The van der Waals surface area contributed by atoms with Crippen molar-refractivity contribution in [3.63, 3.8) is 0 Å². The van der Waals surface area contributed by atoms with Gasteiger partial charge in [-0.3, -0.25) is 13.8 Å². The standard InChI is InChI=1S/C12H13NO3S/c1-8-5-3-4-6-10(8)13-11(14)7-17(16)9(2)12(13)15/h3-6,9H,7H2,1-2H3/t9-,17+/m0/s1. The molecule has 0 unspecified atom stereocenters. The van der Waals surface area contributed by atoms with Crippen molar-refractivity contribution in [3.8, 4) is 0 Å². The Morgan fingerprint density at radius 2 is 1.94 bits per heavy atom. The summed E-state index contributed by atoms with van der Waals surface area (Å²) in [6.45, 7) is 3.43. The molecule has 0 spiro atoms. The molecule has 1 fully saturated rings. The van der Waals surface area contributed by atoms with E-state index in [2.05, 4.69) is 0 Å². The predicted molar refractivity (Wildman–Crippen MR) is 66.1 cm³/mol. The molecular formula is C12H13NO3S. The van der Waals surface area contributed by atoms with E-state index in [0.717, 1.165) is 10.5 Å². The number of carbonyl (C=O) groups is 2. The number of anilines is 1. The van der Waals surface area contributed by atoms with Crippen molar-refractivity contribution in [3.05, 3.63) is 29.8 Å². The summed E-state index contributed by atoms with van der Waals surface area (Å²) in [6.07, 6.45) is 0. The molecule has 1 aliphatic heterocycles. The molecular weight excluding hydrogens is 238 g/mol. The summed E-state index contributed by atoms with van der Waals surface area (Å²) in [5.41, 5.74) is 1.44. The van der Waals surface area contributed by atoms with Crippen LogP contribution in [0.25, 0.3) is 0 Å². The number of aryl methyl sites for hydroxylation is 1. The molecule has 1 saturated heterocycles. The highest BCUT2D eigenvalue weighted by atomic mass is 32.2. The topological polar surface area (TPSA) is 54.5 Å². The van der Waals surface area contributed by atoms with Gasteiger partial charge in [0.1, 0.15) is 11.0 Å². The number of hydrogen-bond donors (Lipinski definition) is 0. The fourth-order valence-electron chi connectivity index (χ4n) is 1.80. The molecule has 2 amide bonds. The summed E-state index contributed by atoms with van der Waals surface area (Å²) in [7, 11) is -1.39. The number of amides is 2. The first-order valence-electron chi connectivity index (χ1n) is 5.32. The summed E-state index contributed by atoms with van der Waals surface area (Å²) >= 11 is 0. The molecule has 2 rings (SSSR count). The number of para-hydroxylation sites is 1. The van der Waals surface area contributed by atoms with E-state index in [-0.39, 0.29) is 17.6 Å². The second kappa shape index (κ2) is 4.41. The number of benzene rings is 1. The normalized spacial score (nSPS) is 25.2. The third-order valence-corrected chi connectivity index (χ3v) is 4.36. The monoisotopic (exact) mass is 251 g/mol. The van der Waals surface area contributed by atoms with Gasteiger partial charge < -0.3 is 0 Å². The Balaban J connectivity index is 2.45. The van der Waals surface area contributed by atoms with E-state index in [1.807, 2.05) is 19.1 Å². The Morgan fingerprint density at radius 1 is 1.29 bits per heavy atom. The fourth-order valence-corrected chi connectivity index (χ4v) is 2.75. The first-order chi connectivity index (χ1) is 8.02. The maximum Gasteiger partial charge on any atom is 0.249 e. The molecule has 0 saturated carbocycles. The molecule has 1 aromatic carbocycles. The third kappa shape index (κ3) is 2.02. The Kier molecular flexibility index (Phi) is 3.11. The molecule has 1 aliphatic rings. The van der Waals surface area contributed by atoms with Crippen LogP contribution in [0.15, 0.2) is 24.3 Å². The van der Waals surface area contributed by atoms with Crippen molar-refractivity contribution in [2.75, 3.05) is 10.7 Å². The maximum atomic E-state index is 12.0. The molecule has 1 heterocycles. The van der Waals surface area contributed by atoms with E-state index in [9.17, 15) is 13.8 Å². The lowest BCUT2D eigenvalue weighted by Gasteiger charge is -2.29. The number of nitrogens with zero attached hydrogens (tertiary/aromatic N) is 1. The zero-order valence-corrected chi connectivity index (χ0v) is 10.5. The number of carbonyl (C=O) groups excluding carboxylic acids is 2. The maximum absolute atomic E-state index is 12.0. The molecule has 0 bridgehead atoms. The molecule has 0 radical (unpaired) electrons. The van der Waals surface area contributed by atoms with E-state index < -0.39 is 16.0 Å². The van der Waals surface area contributed by atoms with Gasteiger partial charge in [0.25, 0.3) is 0 Å². The number of imide groups is 1. The van der Waals surface area contributed by atoms with Crippen molar-refractivity contribution in [2.45, 2.75) is 19.1 Å². The van der Waals surface area contributed by atoms with Crippen LogP contribution in [-0.4, -0.2) is 27.0 Å². The van der Waals surface area contributed by atoms with Gasteiger partial charge in [-0.05, 0) is 25.5 Å². The van der Waals surface area contributed by atoms with Gasteiger partial charge in [0.2, 0.25) is 11.8 Å². The largest absolute Gasteiger partial charge is 0.273 e. The molecule has 0 aromatic heterocycles. The molecule has 1 aromatic rings. The first-order valence-corrected chi connectivity index (χ1v) is 6.70. The minimum Gasteiger partial charge on any atom is -0.273 e. The molecule has 17 heavy (non-hydrogen) atoms. The molecule has 90 valence electrons. The highest BCUT2D eigenvalue weighted by molar-refractivity contribution is 7.87. The summed E-state index contributed by atoms with van der Waals surface area (Å²) in [6, 6.07) is 7.19. The van der Waals surface area contributed by atoms with E-state index in [4.69, 9.17) is 0 Å². The van der Waals surface area contributed by atoms with Crippen LogP contribution in [0.4, 0.5) is 5.69 Å². The smallest absolute Gasteiger partial charge is 0.249 e. The molecule has 0 aliphatic carbocycles. The summed E-state index contributed by atoms with van der Waals surface area (Å²) in [5, 5.41) is -0.618. The zero-order valence-electron chi connectivity index (χ0n) is 9.67. The van der Waals surface area contributed by atoms with Gasteiger partial charge in [-0.2, -0.15) is 0 Å². The van der Waals surface area contributed by atoms with Crippen molar-refractivity contribution in [1.82, 2.24) is 0 Å². The van der Waals surface area contributed by atoms with Crippen LogP contribution in [0.1, 0.15) is 12.5 Å². The third-order valence-electron chi connectivity index (χ3n) is 2.83. The van der Waals surface area contributed by atoms with Crippen LogP contribution < -0.4 is 4.90 Å². The fraction of sp³-hybridized carbons (Fsp3) is 0.333. The molecule has 0 N–H and O–H groups in total. The van der Waals surface area contributed by atoms with Crippen molar-refractivity contribution < 1.29 is 13.8 Å². The summed E-state index contributed by atoms with van der Waals surface area (Å²) in [4.78, 5) is 25.0. The van der Waals surface area contributed by atoms with Gasteiger partial charge in [-0.1, -0.05) is 18.2 Å². The second-order valence-corrected chi connectivity index (χ2v) is 5.78. The van der Waals surface area contributed by atoms with Gasteiger partial charge in [0.05, 0.1) is 5.69 Å². The van der Waals surface area contributed by atoms with Crippen LogP contribution in [0.2, 0.25) is 0 Å². The Hall–Kier alpha value is -1.49. The SMILES string of the molecule is Cc1ccccc1N1C(=O)C[S@@](=O)[C@@H](C)C1=O. The Morgan fingerprint density at radius 3 is 2.59 bits per heavy atom. The Labute approximate surface area is 102 Å². The van der Waals surface area contributed by atoms with Crippen LogP contribution in [-0.2, 0) is 20.4 Å². The van der Waals surface area contributed by atoms with Crippen molar-refractivity contribution in [1.29, 1.82) is 0 Å². The molecule has 4 nitrogen and oxygen atoms in total. The lowest BCUT2D eigenvalue weighted by Crippen LogP contribution is -2.52. The minimum atomic E-state index is -1.39. The second-order valence-electron chi connectivity index (χ2n) is 4.02. The van der Waals surface area contributed by atoms with Gasteiger partial charge in [-0.15, -0.1) is 0 Å². The van der Waals surface area contributed by atoms with E-state index in [1.54, 1.807) is 19.1 Å². The van der Waals surface area contributed by atoms with Crippen LogP contribution >= 0.6 is 0 Å². The molecule has 2 atom stereocenters. The van der Waals surface area contributed by atoms with Gasteiger partial charge in [0, 0.05) is 10.8 Å².